The first-order valence-corrected chi connectivity index (χ1v) is 9.24. The Morgan fingerprint density at radius 2 is 2.15 bits per heavy atom. The molecular formula is C15H17BrINOS. The second kappa shape index (κ2) is 7.77. The molecule has 0 amide bonds. The van der Waals surface area contributed by atoms with Crippen LogP contribution in [0, 0.1) is 2.88 Å². The van der Waals surface area contributed by atoms with Crippen LogP contribution in [-0.4, -0.2) is 13.7 Å². The highest BCUT2D eigenvalue weighted by molar-refractivity contribution is 14.1. The number of hydrogen-bond donors (Lipinski definition) is 1. The number of hydrogen-bond acceptors (Lipinski definition) is 3. The molecule has 1 aromatic heterocycles. The highest BCUT2D eigenvalue weighted by atomic mass is 127. The van der Waals surface area contributed by atoms with Crippen LogP contribution in [0.25, 0.3) is 0 Å². The van der Waals surface area contributed by atoms with Crippen LogP contribution in [0.15, 0.2) is 34.1 Å². The fraction of sp³-hybridized carbons (Fsp3) is 0.333. The van der Waals surface area contributed by atoms with E-state index in [0.717, 1.165) is 23.2 Å². The Balaban J connectivity index is 2.24. The molecule has 0 saturated carbocycles. The maximum atomic E-state index is 5.70. The molecule has 2 nitrogen and oxygen atoms in total. The standard InChI is InChI=1S/C15H17BrINOS/c1-3-6-19-13-5-4-10(7-12(13)16)15(18-2)11-8-14(17)20-9-11/h4-5,7-9,15,18H,3,6H2,1-2H3. The summed E-state index contributed by atoms with van der Waals surface area (Å²) in [5.74, 6) is 0.908. The number of halogens is 2. The third-order valence-electron chi connectivity index (χ3n) is 2.96. The van der Waals surface area contributed by atoms with E-state index in [4.69, 9.17) is 4.74 Å². The molecule has 1 unspecified atom stereocenters. The first kappa shape index (κ1) is 16.3. The number of rotatable bonds is 6. The van der Waals surface area contributed by atoms with Crippen LogP contribution in [0.3, 0.4) is 0 Å². The van der Waals surface area contributed by atoms with Gasteiger partial charge in [-0.15, -0.1) is 11.3 Å². The number of thiophene rings is 1. The van der Waals surface area contributed by atoms with Gasteiger partial charge in [-0.1, -0.05) is 13.0 Å². The largest absolute Gasteiger partial charge is 0.492 e. The Morgan fingerprint density at radius 3 is 2.70 bits per heavy atom. The smallest absolute Gasteiger partial charge is 0.133 e. The molecule has 0 spiro atoms. The van der Waals surface area contributed by atoms with Crippen LogP contribution in [0.5, 0.6) is 5.75 Å². The summed E-state index contributed by atoms with van der Waals surface area (Å²) in [6.45, 7) is 2.85. The van der Waals surface area contributed by atoms with Gasteiger partial charge >= 0.3 is 0 Å². The molecular weight excluding hydrogens is 449 g/mol. The normalized spacial score (nSPS) is 12.4. The van der Waals surface area contributed by atoms with Gasteiger partial charge in [-0.3, -0.25) is 0 Å². The summed E-state index contributed by atoms with van der Waals surface area (Å²) in [7, 11) is 1.99. The average Bonchev–Trinajstić information content (AvgIpc) is 2.85. The van der Waals surface area contributed by atoms with Crippen LogP contribution >= 0.6 is 49.9 Å². The average molecular weight is 466 g/mol. The van der Waals surface area contributed by atoms with Crippen molar-refractivity contribution in [2.75, 3.05) is 13.7 Å². The van der Waals surface area contributed by atoms with E-state index in [-0.39, 0.29) is 6.04 Å². The lowest BCUT2D eigenvalue weighted by atomic mass is 10.0. The summed E-state index contributed by atoms with van der Waals surface area (Å²) in [5, 5.41) is 5.59. The van der Waals surface area contributed by atoms with Gasteiger partial charge in [-0.2, -0.15) is 0 Å². The van der Waals surface area contributed by atoms with Crippen molar-refractivity contribution < 1.29 is 4.74 Å². The fourth-order valence-electron chi connectivity index (χ4n) is 2.03. The van der Waals surface area contributed by atoms with Crippen LogP contribution in [0.1, 0.15) is 30.5 Å². The van der Waals surface area contributed by atoms with E-state index < -0.39 is 0 Å². The van der Waals surface area contributed by atoms with Gasteiger partial charge in [-0.05, 0) is 86.7 Å². The van der Waals surface area contributed by atoms with Crippen LogP contribution in [-0.2, 0) is 0 Å². The van der Waals surface area contributed by atoms with Gasteiger partial charge in [0.05, 0.1) is 20.0 Å². The van der Waals surface area contributed by atoms with Crippen LogP contribution in [0.2, 0.25) is 0 Å². The Labute approximate surface area is 146 Å². The van der Waals surface area contributed by atoms with Gasteiger partial charge < -0.3 is 10.1 Å². The van der Waals surface area contributed by atoms with Crippen molar-refractivity contribution in [2.24, 2.45) is 0 Å². The van der Waals surface area contributed by atoms with Crippen LogP contribution in [0.4, 0.5) is 0 Å². The minimum Gasteiger partial charge on any atom is -0.492 e. The quantitative estimate of drug-likeness (QED) is 0.591. The molecule has 1 aromatic carbocycles. The fourth-order valence-corrected chi connectivity index (χ4v) is 3.94. The van der Waals surface area contributed by atoms with Crippen molar-refractivity contribution in [3.8, 4) is 5.75 Å². The van der Waals surface area contributed by atoms with Gasteiger partial charge in [0.25, 0.3) is 0 Å². The number of ether oxygens (including phenoxy) is 1. The third-order valence-corrected chi connectivity index (χ3v) is 5.39. The summed E-state index contributed by atoms with van der Waals surface area (Å²) in [6, 6.07) is 8.74. The van der Waals surface area contributed by atoms with Crippen molar-refractivity contribution in [3.05, 3.63) is 48.1 Å². The van der Waals surface area contributed by atoms with E-state index in [1.165, 1.54) is 14.0 Å². The molecule has 1 atom stereocenters. The van der Waals surface area contributed by atoms with Crippen molar-refractivity contribution in [2.45, 2.75) is 19.4 Å². The second-order valence-electron chi connectivity index (χ2n) is 4.44. The first-order chi connectivity index (χ1) is 9.65. The van der Waals surface area contributed by atoms with E-state index >= 15 is 0 Å². The maximum Gasteiger partial charge on any atom is 0.133 e. The van der Waals surface area contributed by atoms with Gasteiger partial charge in [0.1, 0.15) is 5.75 Å². The SMILES string of the molecule is CCCOc1ccc(C(NC)c2csc(I)c2)cc1Br. The zero-order chi connectivity index (χ0) is 14.5. The van der Waals surface area contributed by atoms with Crippen molar-refractivity contribution in [1.82, 2.24) is 5.32 Å². The van der Waals surface area contributed by atoms with E-state index in [9.17, 15) is 0 Å². The second-order valence-corrected chi connectivity index (χ2v) is 8.10. The van der Waals surface area contributed by atoms with Gasteiger partial charge in [-0.25, -0.2) is 0 Å². The predicted octanol–water partition coefficient (Wildman–Crippen LogP) is 5.21. The van der Waals surface area contributed by atoms with Gasteiger partial charge in [0, 0.05) is 0 Å². The predicted molar refractivity (Wildman–Crippen MR) is 97.9 cm³/mol. The van der Waals surface area contributed by atoms with Crippen molar-refractivity contribution in [3.63, 3.8) is 0 Å². The molecule has 0 saturated heterocycles. The lowest BCUT2D eigenvalue weighted by molar-refractivity contribution is 0.315. The summed E-state index contributed by atoms with van der Waals surface area (Å²) >= 11 is 7.73. The minimum atomic E-state index is 0.214. The third kappa shape index (κ3) is 3.96. The Kier molecular flexibility index (Phi) is 6.32. The summed E-state index contributed by atoms with van der Waals surface area (Å²) in [4.78, 5) is 0. The molecule has 2 aromatic rings. The maximum absolute atomic E-state index is 5.70. The monoisotopic (exact) mass is 465 g/mol. The molecule has 0 aliphatic rings. The lowest BCUT2D eigenvalue weighted by Gasteiger charge is -2.17. The molecule has 20 heavy (non-hydrogen) atoms. The number of nitrogens with one attached hydrogen (secondary N) is 1. The summed E-state index contributed by atoms with van der Waals surface area (Å²) in [6.07, 6.45) is 1.01. The summed E-state index contributed by atoms with van der Waals surface area (Å²) < 4.78 is 8.01. The zero-order valence-corrected chi connectivity index (χ0v) is 16.0. The molecule has 1 heterocycles. The lowest BCUT2D eigenvalue weighted by Crippen LogP contribution is -2.17. The topological polar surface area (TPSA) is 21.3 Å². The Bertz CT molecular complexity index is 573. The summed E-state index contributed by atoms with van der Waals surface area (Å²) in [5.41, 5.74) is 2.54. The van der Waals surface area contributed by atoms with E-state index in [1.807, 2.05) is 13.1 Å². The van der Waals surface area contributed by atoms with E-state index in [1.54, 1.807) is 11.3 Å². The highest BCUT2D eigenvalue weighted by Crippen LogP contribution is 2.32. The van der Waals surface area contributed by atoms with E-state index in [0.29, 0.717) is 0 Å². The van der Waals surface area contributed by atoms with Gasteiger partial charge in [0.2, 0.25) is 0 Å². The highest BCUT2D eigenvalue weighted by Gasteiger charge is 2.15. The van der Waals surface area contributed by atoms with Gasteiger partial charge in [0.15, 0.2) is 0 Å². The molecule has 108 valence electrons. The molecule has 2 rings (SSSR count). The van der Waals surface area contributed by atoms with Crippen LogP contribution < -0.4 is 10.1 Å². The zero-order valence-electron chi connectivity index (χ0n) is 11.5. The van der Waals surface area contributed by atoms with E-state index in [2.05, 4.69) is 74.3 Å². The molecule has 1 N–H and O–H groups in total. The molecule has 5 heteroatoms. The number of benzene rings is 1. The molecule has 0 aliphatic carbocycles. The van der Waals surface area contributed by atoms with Crippen molar-refractivity contribution >= 4 is 49.9 Å². The molecule has 0 radical (unpaired) electrons. The Hall–Kier alpha value is -0.110. The molecule has 0 bridgehead atoms. The van der Waals surface area contributed by atoms with Crippen molar-refractivity contribution in [1.29, 1.82) is 0 Å². The Morgan fingerprint density at radius 1 is 1.35 bits per heavy atom. The first-order valence-electron chi connectivity index (χ1n) is 6.49. The minimum absolute atomic E-state index is 0.214. The molecule has 0 fully saturated rings. The molecule has 0 aliphatic heterocycles.